The topological polar surface area (TPSA) is 143 Å². The molecule has 1 amide bonds. The molecule has 0 aliphatic rings. The molecule has 0 unspecified atom stereocenters. The molecule has 1 heterocycles. The summed E-state index contributed by atoms with van der Waals surface area (Å²) in [5.74, 6) is -1.13. The fraction of sp³-hybridized carbons (Fsp3) is 0.205. The van der Waals surface area contributed by atoms with E-state index in [1.807, 2.05) is 91.0 Å². The second-order valence-corrected chi connectivity index (χ2v) is 13.7. The van der Waals surface area contributed by atoms with E-state index in [0.717, 1.165) is 16.7 Å². The number of carbonyl (C=O) groups excluding carboxylic acids is 2. The zero-order valence-electron chi connectivity index (χ0n) is 30.9. The molecular formula is C44H41NO10. The largest absolute Gasteiger partial charge is 0.507 e. The number of ether oxygens (including phenoxy) is 5. The van der Waals surface area contributed by atoms with Gasteiger partial charge in [-0.3, -0.25) is 4.79 Å². The minimum atomic E-state index is -1.24. The zero-order chi connectivity index (χ0) is 39.0. The quantitative estimate of drug-likeness (QED) is 0.110. The summed E-state index contributed by atoms with van der Waals surface area (Å²) < 4.78 is 35.7. The molecule has 2 N–H and O–H groups in total. The smallest absolute Gasteiger partial charge is 0.408 e. The number of phenols is 1. The molecular weight excluding hydrogens is 702 g/mol. The summed E-state index contributed by atoms with van der Waals surface area (Å²) in [6, 6.07) is 35.0. The van der Waals surface area contributed by atoms with E-state index < -0.39 is 40.6 Å². The Morgan fingerprint density at radius 3 is 1.84 bits per heavy atom. The lowest BCUT2D eigenvalue weighted by Gasteiger charge is -2.21. The van der Waals surface area contributed by atoms with Crippen LogP contribution < -0.4 is 29.7 Å². The van der Waals surface area contributed by atoms with E-state index in [4.69, 9.17) is 28.1 Å². The Morgan fingerprint density at radius 1 is 0.727 bits per heavy atom. The van der Waals surface area contributed by atoms with E-state index in [-0.39, 0.29) is 42.3 Å². The van der Waals surface area contributed by atoms with Crippen molar-refractivity contribution in [2.75, 3.05) is 0 Å². The minimum Gasteiger partial charge on any atom is -0.507 e. The van der Waals surface area contributed by atoms with Crippen molar-refractivity contribution in [1.82, 2.24) is 5.32 Å². The van der Waals surface area contributed by atoms with Gasteiger partial charge in [0.25, 0.3) is 0 Å². The van der Waals surface area contributed by atoms with E-state index in [1.54, 1.807) is 39.0 Å². The number of phenolic OH excluding ortho intramolecular Hbond substituents is 1. The van der Waals surface area contributed by atoms with Crippen LogP contribution in [-0.2, 0) is 29.4 Å². The molecule has 11 heteroatoms. The lowest BCUT2D eigenvalue weighted by molar-refractivity contribution is -0.136. The molecule has 0 saturated heterocycles. The number of benzene rings is 5. The fourth-order valence-electron chi connectivity index (χ4n) is 5.45. The van der Waals surface area contributed by atoms with Gasteiger partial charge >= 0.3 is 12.1 Å². The average molecular weight is 744 g/mol. The molecule has 0 bridgehead atoms. The Balaban J connectivity index is 1.41. The van der Waals surface area contributed by atoms with Gasteiger partial charge in [-0.2, -0.15) is 0 Å². The predicted octanol–water partition coefficient (Wildman–Crippen LogP) is 8.72. The average Bonchev–Trinajstić information content (AvgIpc) is 3.16. The van der Waals surface area contributed by atoms with Crippen molar-refractivity contribution in [2.45, 2.75) is 59.2 Å². The molecule has 282 valence electrons. The van der Waals surface area contributed by atoms with Gasteiger partial charge in [0.2, 0.25) is 11.2 Å². The summed E-state index contributed by atoms with van der Waals surface area (Å²) in [4.78, 5) is 40.1. The number of aromatic hydroxyl groups is 1. The molecule has 0 fully saturated rings. The molecule has 0 aliphatic heterocycles. The van der Waals surface area contributed by atoms with Crippen molar-refractivity contribution in [3.63, 3.8) is 0 Å². The molecule has 0 saturated carbocycles. The number of esters is 1. The van der Waals surface area contributed by atoms with Crippen LogP contribution in [0.2, 0.25) is 0 Å². The number of hydrogen-bond donors (Lipinski definition) is 2. The molecule has 1 atom stereocenters. The van der Waals surface area contributed by atoms with Gasteiger partial charge in [0.1, 0.15) is 53.9 Å². The second-order valence-electron chi connectivity index (χ2n) is 13.7. The Hall–Kier alpha value is -6.75. The SMILES string of the molecule is C[C@H](NC(=O)OC(C)(C)C)C(=O)Oc1c(-c2ccc(OCc3ccccc3)c(OCc3ccccc3)c2)oc2cc(OCc3ccccc3)cc(O)c2c1=O. The van der Waals surface area contributed by atoms with Crippen LogP contribution >= 0.6 is 0 Å². The van der Waals surface area contributed by atoms with Crippen molar-refractivity contribution in [2.24, 2.45) is 0 Å². The first kappa shape index (κ1) is 38.0. The third kappa shape index (κ3) is 10.0. The van der Waals surface area contributed by atoms with Gasteiger partial charge in [-0.15, -0.1) is 0 Å². The van der Waals surface area contributed by atoms with Crippen LogP contribution in [0.1, 0.15) is 44.4 Å². The summed E-state index contributed by atoms with van der Waals surface area (Å²) >= 11 is 0. The van der Waals surface area contributed by atoms with Gasteiger partial charge in [-0.05, 0) is 62.6 Å². The van der Waals surface area contributed by atoms with Gasteiger partial charge in [0, 0.05) is 17.7 Å². The number of rotatable bonds is 13. The van der Waals surface area contributed by atoms with Gasteiger partial charge in [-0.1, -0.05) is 91.0 Å². The highest BCUT2D eigenvalue weighted by molar-refractivity contribution is 5.90. The summed E-state index contributed by atoms with van der Waals surface area (Å²) in [6.45, 7) is 7.07. The minimum absolute atomic E-state index is 0.0288. The Labute approximate surface area is 318 Å². The van der Waals surface area contributed by atoms with Crippen LogP contribution in [0.4, 0.5) is 4.79 Å². The van der Waals surface area contributed by atoms with Crippen molar-refractivity contribution >= 4 is 23.0 Å². The molecule has 0 spiro atoms. The van der Waals surface area contributed by atoms with Gasteiger partial charge in [0.15, 0.2) is 17.3 Å². The van der Waals surface area contributed by atoms with E-state index in [1.165, 1.54) is 19.1 Å². The normalized spacial score (nSPS) is 11.7. The first-order valence-corrected chi connectivity index (χ1v) is 17.6. The number of fused-ring (bicyclic) bond motifs is 1. The Kier molecular flexibility index (Phi) is 11.7. The second kappa shape index (κ2) is 16.9. The molecule has 1 aromatic heterocycles. The van der Waals surface area contributed by atoms with Crippen molar-refractivity contribution in [3.05, 3.63) is 148 Å². The van der Waals surface area contributed by atoms with Crippen LogP contribution in [-0.4, -0.2) is 28.8 Å². The zero-order valence-corrected chi connectivity index (χ0v) is 30.9. The molecule has 0 radical (unpaired) electrons. The van der Waals surface area contributed by atoms with Crippen LogP contribution in [0.3, 0.4) is 0 Å². The Bertz CT molecular complexity index is 2320. The number of hydrogen-bond acceptors (Lipinski definition) is 10. The predicted molar refractivity (Wildman–Crippen MR) is 206 cm³/mol. The van der Waals surface area contributed by atoms with Crippen molar-refractivity contribution in [3.8, 4) is 40.1 Å². The maximum Gasteiger partial charge on any atom is 0.408 e. The number of carbonyl (C=O) groups is 2. The summed E-state index contributed by atoms with van der Waals surface area (Å²) in [6.07, 6.45) is -0.852. The summed E-state index contributed by atoms with van der Waals surface area (Å²) in [5.41, 5.74) is 1.33. The third-order valence-corrected chi connectivity index (χ3v) is 8.12. The number of amides is 1. The summed E-state index contributed by atoms with van der Waals surface area (Å²) in [5, 5.41) is 13.3. The van der Waals surface area contributed by atoms with Crippen molar-refractivity contribution in [1.29, 1.82) is 0 Å². The van der Waals surface area contributed by atoms with Gasteiger partial charge < -0.3 is 38.5 Å². The molecule has 6 aromatic rings. The van der Waals surface area contributed by atoms with Crippen LogP contribution in [0.25, 0.3) is 22.3 Å². The van der Waals surface area contributed by atoms with Crippen LogP contribution in [0, 0.1) is 0 Å². The summed E-state index contributed by atoms with van der Waals surface area (Å²) in [7, 11) is 0. The lowest BCUT2D eigenvalue weighted by atomic mass is 10.1. The van der Waals surface area contributed by atoms with E-state index in [0.29, 0.717) is 17.1 Å². The van der Waals surface area contributed by atoms with E-state index in [9.17, 15) is 19.5 Å². The first-order valence-electron chi connectivity index (χ1n) is 17.6. The monoisotopic (exact) mass is 743 g/mol. The number of nitrogens with one attached hydrogen (secondary N) is 1. The molecule has 5 aromatic carbocycles. The molecule has 11 nitrogen and oxygen atoms in total. The molecule has 6 rings (SSSR count). The van der Waals surface area contributed by atoms with Gasteiger partial charge in [0.05, 0.1) is 0 Å². The maximum atomic E-state index is 14.2. The maximum absolute atomic E-state index is 14.2. The highest BCUT2D eigenvalue weighted by atomic mass is 16.6. The van der Waals surface area contributed by atoms with Crippen LogP contribution in [0.5, 0.6) is 28.7 Å². The van der Waals surface area contributed by atoms with Crippen molar-refractivity contribution < 1.29 is 42.8 Å². The Morgan fingerprint density at radius 2 is 1.27 bits per heavy atom. The fourth-order valence-corrected chi connectivity index (χ4v) is 5.45. The lowest BCUT2D eigenvalue weighted by Crippen LogP contribution is -2.43. The van der Waals surface area contributed by atoms with E-state index >= 15 is 0 Å². The third-order valence-electron chi connectivity index (χ3n) is 8.12. The number of alkyl carbamates (subject to hydrolysis) is 1. The molecule has 0 aliphatic carbocycles. The molecule has 55 heavy (non-hydrogen) atoms. The highest BCUT2D eigenvalue weighted by Gasteiger charge is 2.28. The highest BCUT2D eigenvalue weighted by Crippen LogP contribution is 2.40. The standard InChI is InChI=1S/C44H41NO10/c1-28(45-43(49)55-44(2,3)4)42(48)54-41-39(47)38-34(46)23-33(50-25-29-14-8-5-9-15-29)24-37(38)53-40(41)32-20-21-35(51-26-30-16-10-6-11-17-30)36(22-32)52-27-31-18-12-7-13-19-31/h5-24,28,46H,25-27H2,1-4H3,(H,45,49)/t28-/m0/s1. The first-order chi connectivity index (χ1) is 26.4. The van der Waals surface area contributed by atoms with E-state index in [2.05, 4.69) is 5.32 Å². The van der Waals surface area contributed by atoms with Gasteiger partial charge in [-0.25, -0.2) is 9.59 Å². The van der Waals surface area contributed by atoms with Crippen LogP contribution in [0.15, 0.2) is 131 Å².